The molecule has 4 heteroatoms. The van der Waals surface area contributed by atoms with E-state index in [0.717, 1.165) is 5.69 Å². The number of hydrogen-bond donors (Lipinski definition) is 1. The molecule has 2 heterocycles. The second kappa shape index (κ2) is 4.18. The highest BCUT2D eigenvalue weighted by Crippen LogP contribution is 2.33. The second-order valence-electron chi connectivity index (χ2n) is 4.71. The van der Waals surface area contributed by atoms with Gasteiger partial charge < -0.3 is 10.3 Å². The third-order valence-electron chi connectivity index (χ3n) is 3.07. The number of anilines is 1. The summed E-state index contributed by atoms with van der Waals surface area (Å²) in [7, 11) is 0. The quantitative estimate of drug-likeness (QED) is 0.882. The fourth-order valence-electron chi connectivity index (χ4n) is 2.48. The van der Waals surface area contributed by atoms with Gasteiger partial charge in [0.2, 0.25) is 0 Å². The van der Waals surface area contributed by atoms with Crippen LogP contribution >= 0.6 is 11.3 Å². The Labute approximate surface area is 106 Å². The van der Waals surface area contributed by atoms with E-state index in [2.05, 4.69) is 50.2 Å². The van der Waals surface area contributed by atoms with Gasteiger partial charge in [-0.15, -0.1) is 11.3 Å². The van der Waals surface area contributed by atoms with E-state index >= 15 is 0 Å². The highest BCUT2D eigenvalue weighted by atomic mass is 32.1. The number of nitrogens with two attached hydrogens (primary N) is 1. The van der Waals surface area contributed by atoms with Crippen molar-refractivity contribution in [2.75, 3.05) is 5.73 Å². The third kappa shape index (κ3) is 1.97. The first kappa shape index (κ1) is 12.2. The van der Waals surface area contributed by atoms with E-state index in [0.29, 0.717) is 11.2 Å². The Morgan fingerprint density at radius 1 is 1.29 bits per heavy atom. The number of hydrogen-bond acceptors (Lipinski definition) is 3. The van der Waals surface area contributed by atoms with Crippen molar-refractivity contribution >= 4 is 16.5 Å². The SMILES string of the molecule is Cc1sc(N)nc1-c1cc(C)n(C(C)C)c1C. The summed E-state index contributed by atoms with van der Waals surface area (Å²) in [5.74, 6) is 0. The minimum Gasteiger partial charge on any atom is -0.375 e. The molecule has 0 aliphatic carbocycles. The average Bonchev–Trinajstić information content (AvgIpc) is 2.67. The molecule has 0 amide bonds. The molecule has 0 unspecified atom stereocenters. The molecule has 0 bridgehead atoms. The number of nitrogen functional groups attached to an aromatic ring is 1. The number of aryl methyl sites for hydroxylation is 2. The van der Waals surface area contributed by atoms with Gasteiger partial charge in [-0.05, 0) is 40.7 Å². The van der Waals surface area contributed by atoms with Gasteiger partial charge in [-0.3, -0.25) is 0 Å². The van der Waals surface area contributed by atoms with Crippen molar-refractivity contribution in [3.8, 4) is 11.3 Å². The summed E-state index contributed by atoms with van der Waals surface area (Å²) in [6, 6.07) is 2.68. The van der Waals surface area contributed by atoms with Crippen molar-refractivity contribution in [1.82, 2.24) is 9.55 Å². The van der Waals surface area contributed by atoms with Gasteiger partial charge >= 0.3 is 0 Å². The lowest BCUT2D eigenvalue weighted by Gasteiger charge is -2.13. The molecule has 2 aromatic heterocycles. The standard InChI is InChI=1S/C13H19N3S/c1-7(2)16-8(3)6-11(9(16)4)12-10(5)17-13(14)15-12/h6-7H,1-5H3,(H2,14,15). The van der Waals surface area contributed by atoms with Crippen LogP contribution in [0.3, 0.4) is 0 Å². The van der Waals surface area contributed by atoms with Gasteiger partial charge in [0.1, 0.15) is 0 Å². The Morgan fingerprint density at radius 3 is 2.35 bits per heavy atom. The molecular weight excluding hydrogens is 230 g/mol. The molecule has 17 heavy (non-hydrogen) atoms. The normalized spacial score (nSPS) is 11.4. The number of rotatable bonds is 2. The number of thiazole rings is 1. The van der Waals surface area contributed by atoms with Crippen LogP contribution < -0.4 is 5.73 Å². The van der Waals surface area contributed by atoms with E-state index in [9.17, 15) is 0 Å². The monoisotopic (exact) mass is 249 g/mol. The topological polar surface area (TPSA) is 43.8 Å². The summed E-state index contributed by atoms with van der Waals surface area (Å²) in [5.41, 5.74) is 10.6. The van der Waals surface area contributed by atoms with E-state index in [4.69, 9.17) is 5.73 Å². The van der Waals surface area contributed by atoms with Gasteiger partial charge in [0.15, 0.2) is 5.13 Å². The summed E-state index contributed by atoms with van der Waals surface area (Å²) in [6.45, 7) is 10.8. The van der Waals surface area contributed by atoms with Gasteiger partial charge in [-0.25, -0.2) is 4.98 Å². The van der Waals surface area contributed by atoms with Crippen LogP contribution in [0.1, 0.15) is 36.2 Å². The Morgan fingerprint density at radius 2 is 1.94 bits per heavy atom. The minimum atomic E-state index is 0.472. The summed E-state index contributed by atoms with van der Waals surface area (Å²) in [6.07, 6.45) is 0. The fourth-order valence-corrected chi connectivity index (χ4v) is 3.18. The van der Waals surface area contributed by atoms with Gasteiger partial charge in [0.05, 0.1) is 5.69 Å². The van der Waals surface area contributed by atoms with Gasteiger partial charge in [0, 0.05) is 27.9 Å². The summed E-state index contributed by atoms with van der Waals surface area (Å²) in [5, 5.41) is 0.645. The number of aromatic nitrogens is 2. The van der Waals surface area contributed by atoms with Crippen LogP contribution in [0.25, 0.3) is 11.3 Å². The summed E-state index contributed by atoms with van der Waals surface area (Å²) in [4.78, 5) is 5.62. The van der Waals surface area contributed by atoms with Crippen molar-refractivity contribution in [3.05, 3.63) is 22.3 Å². The predicted octanol–water partition coefficient (Wildman–Crippen LogP) is 3.70. The van der Waals surface area contributed by atoms with Crippen LogP contribution in [0.15, 0.2) is 6.07 Å². The highest BCUT2D eigenvalue weighted by molar-refractivity contribution is 7.15. The lowest BCUT2D eigenvalue weighted by Crippen LogP contribution is -2.04. The summed E-state index contributed by atoms with van der Waals surface area (Å²) < 4.78 is 2.34. The van der Waals surface area contributed by atoms with E-state index in [1.807, 2.05) is 0 Å². The first-order valence-electron chi connectivity index (χ1n) is 5.83. The van der Waals surface area contributed by atoms with Crippen LogP contribution in [0.4, 0.5) is 5.13 Å². The molecule has 92 valence electrons. The first-order chi connectivity index (χ1) is 7.91. The van der Waals surface area contributed by atoms with Crippen molar-refractivity contribution in [1.29, 1.82) is 0 Å². The van der Waals surface area contributed by atoms with Gasteiger partial charge in [-0.1, -0.05) is 0 Å². The van der Waals surface area contributed by atoms with Crippen molar-refractivity contribution in [2.24, 2.45) is 0 Å². The molecule has 3 nitrogen and oxygen atoms in total. The molecular formula is C13H19N3S. The zero-order valence-electron chi connectivity index (χ0n) is 11.0. The van der Waals surface area contributed by atoms with Crippen LogP contribution in [-0.4, -0.2) is 9.55 Å². The highest BCUT2D eigenvalue weighted by Gasteiger charge is 2.16. The smallest absolute Gasteiger partial charge is 0.180 e. The van der Waals surface area contributed by atoms with E-state index in [1.54, 1.807) is 11.3 Å². The molecule has 0 saturated heterocycles. The summed E-state index contributed by atoms with van der Waals surface area (Å²) >= 11 is 1.55. The molecule has 0 aliphatic rings. The maximum atomic E-state index is 5.77. The maximum absolute atomic E-state index is 5.77. The van der Waals surface area contributed by atoms with E-state index < -0.39 is 0 Å². The molecule has 2 aromatic rings. The van der Waals surface area contributed by atoms with Crippen LogP contribution in [0.5, 0.6) is 0 Å². The van der Waals surface area contributed by atoms with Gasteiger partial charge in [-0.2, -0.15) is 0 Å². The van der Waals surface area contributed by atoms with Crippen LogP contribution in [-0.2, 0) is 0 Å². The first-order valence-corrected chi connectivity index (χ1v) is 6.65. The lowest BCUT2D eigenvalue weighted by molar-refractivity contribution is 0.575. The lowest BCUT2D eigenvalue weighted by atomic mass is 10.1. The number of nitrogens with zero attached hydrogens (tertiary/aromatic N) is 2. The molecule has 0 aliphatic heterocycles. The van der Waals surface area contributed by atoms with E-state index in [-0.39, 0.29) is 0 Å². The Hall–Kier alpha value is -1.29. The van der Waals surface area contributed by atoms with Crippen molar-refractivity contribution in [3.63, 3.8) is 0 Å². The second-order valence-corrected chi connectivity index (χ2v) is 5.94. The zero-order chi connectivity index (χ0) is 12.7. The fraction of sp³-hybridized carbons (Fsp3) is 0.462. The van der Waals surface area contributed by atoms with Crippen molar-refractivity contribution < 1.29 is 0 Å². The molecule has 2 N–H and O–H groups in total. The Bertz CT molecular complexity index is 549. The van der Waals surface area contributed by atoms with E-state index in [1.165, 1.54) is 21.8 Å². The predicted molar refractivity (Wildman–Crippen MR) is 74.5 cm³/mol. The Kier molecular flexibility index (Phi) is 3.00. The minimum absolute atomic E-state index is 0.472. The third-order valence-corrected chi connectivity index (χ3v) is 3.87. The molecule has 0 fully saturated rings. The van der Waals surface area contributed by atoms with Crippen molar-refractivity contribution in [2.45, 2.75) is 40.7 Å². The molecule has 0 saturated carbocycles. The molecule has 0 spiro atoms. The molecule has 0 radical (unpaired) electrons. The average molecular weight is 249 g/mol. The molecule has 2 rings (SSSR count). The Balaban J connectivity index is 2.61. The zero-order valence-corrected chi connectivity index (χ0v) is 11.9. The van der Waals surface area contributed by atoms with Gasteiger partial charge in [0.25, 0.3) is 0 Å². The molecule has 0 atom stereocenters. The van der Waals surface area contributed by atoms with Crippen LogP contribution in [0, 0.1) is 20.8 Å². The maximum Gasteiger partial charge on any atom is 0.180 e. The largest absolute Gasteiger partial charge is 0.375 e. The van der Waals surface area contributed by atoms with Crippen LogP contribution in [0.2, 0.25) is 0 Å². The molecule has 0 aromatic carbocycles.